The molecule has 0 bridgehead atoms. The van der Waals surface area contributed by atoms with Crippen molar-refractivity contribution in [3.05, 3.63) is 35.9 Å². The van der Waals surface area contributed by atoms with Crippen molar-refractivity contribution in [3.63, 3.8) is 0 Å². The SMILES string of the molecule is N[C@H](C(=O)N1CCOC(CO)C1)c1ccccc1. The third-order valence-corrected chi connectivity index (χ3v) is 3.08. The van der Waals surface area contributed by atoms with Gasteiger partial charge in [-0.05, 0) is 5.56 Å². The van der Waals surface area contributed by atoms with Gasteiger partial charge in [0.25, 0.3) is 0 Å². The van der Waals surface area contributed by atoms with Crippen molar-refractivity contribution in [2.75, 3.05) is 26.3 Å². The first kappa shape index (κ1) is 13.0. The fourth-order valence-electron chi connectivity index (χ4n) is 2.03. The topological polar surface area (TPSA) is 75.8 Å². The average molecular weight is 250 g/mol. The minimum absolute atomic E-state index is 0.0790. The Labute approximate surface area is 106 Å². The van der Waals surface area contributed by atoms with Crippen LogP contribution in [0.15, 0.2) is 30.3 Å². The van der Waals surface area contributed by atoms with Crippen molar-refractivity contribution >= 4 is 5.91 Å². The van der Waals surface area contributed by atoms with Crippen molar-refractivity contribution < 1.29 is 14.6 Å². The van der Waals surface area contributed by atoms with Gasteiger partial charge in [-0.15, -0.1) is 0 Å². The van der Waals surface area contributed by atoms with Crippen LogP contribution in [0.25, 0.3) is 0 Å². The zero-order valence-corrected chi connectivity index (χ0v) is 10.2. The number of morpholine rings is 1. The summed E-state index contributed by atoms with van der Waals surface area (Å²) in [5.41, 5.74) is 6.76. The van der Waals surface area contributed by atoms with Gasteiger partial charge in [0.15, 0.2) is 0 Å². The lowest BCUT2D eigenvalue weighted by Gasteiger charge is -2.33. The van der Waals surface area contributed by atoms with Crippen LogP contribution in [0.5, 0.6) is 0 Å². The molecule has 0 aliphatic carbocycles. The molecule has 1 heterocycles. The highest BCUT2D eigenvalue weighted by Gasteiger charge is 2.27. The Kier molecular flexibility index (Phi) is 4.30. The fraction of sp³-hybridized carbons (Fsp3) is 0.462. The number of rotatable bonds is 3. The molecule has 3 N–H and O–H groups in total. The summed E-state index contributed by atoms with van der Waals surface area (Å²) < 4.78 is 5.31. The predicted molar refractivity (Wildman–Crippen MR) is 66.8 cm³/mol. The maximum absolute atomic E-state index is 12.2. The molecular formula is C13H18N2O3. The Bertz CT molecular complexity index is 396. The van der Waals surface area contributed by atoms with Crippen LogP contribution in [0, 0.1) is 0 Å². The lowest BCUT2D eigenvalue weighted by molar-refractivity contribution is -0.141. The van der Waals surface area contributed by atoms with Crippen molar-refractivity contribution in [2.24, 2.45) is 5.73 Å². The number of benzene rings is 1. The molecule has 1 fully saturated rings. The molecule has 1 aromatic rings. The van der Waals surface area contributed by atoms with E-state index in [0.29, 0.717) is 19.7 Å². The molecular weight excluding hydrogens is 232 g/mol. The molecule has 18 heavy (non-hydrogen) atoms. The third-order valence-electron chi connectivity index (χ3n) is 3.08. The van der Waals surface area contributed by atoms with E-state index in [9.17, 15) is 4.79 Å². The lowest BCUT2D eigenvalue weighted by atomic mass is 10.1. The quantitative estimate of drug-likeness (QED) is 0.786. The molecule has 2 rings (SSSR count). The first-order valence-electron chi connectivity index (χ1n) is 6.04. The monoisotopic (exact) mass is 250 g/mol. The van der Waals surface area contributed by atoms with E-state index in [-0.39, 0.29) is 18.6 Å². The molecule has 1 aromatic carbocycles. The smallest absolute Gasteiger partial charge is 0.244 e. The second-order valence-electron chi connectivity index (χ2n) is 4.35. The van der Waals surface area contributed by atoms with Crippen molar-refractivity contribution in [1.82, 2.24) is 4.90 Å². The molecule has 1 amide bonds. The number of amides is 1. The van der Waals surface area contributed by atoms with Crippen LogP contribution in [0.4, 0.5) is 0 Å². The molecule has 98 valence electrons. The highest BCUT2D eigenvalue weighted by molar-refractivity contribution is 5.83. The average Bonchev–Trinajstić information content (AvgIpc) is 2.46. The summed E-state index contributed by atoms with van der Waals surface area (Å²) in [6.07, 6.45) is -0.300. The third kappa shape index (κ3) is 2.87. The van der Waals surface area contributed by atoms with Gasteiger partial charge >= 0.3 is 0 Å². The molecule has 5 heteroatoms. The maximum Gasteiger partial charge on any atom is 0.244 e. The van der Waals surface area contributed by atoms with Gasteiger partial charge in [0.05, 0.1) is 19.3 Å². The Morgan fingerprint density at radius 3 is 2.89 bits per heavy atom. The lowest BCUT2D eigenvalue weighted by Crippen LogP contribution is -2.49. The highest BCUT2D eigenvalue weighted by atomic mass is 16.5. The molecule has 1 saturated heterocycles. The van der Waals surface area contributed by atoms with Crippen molar-refractivity contribution in [2.45, 2.75) is 12.1 Å². The van der Waals surface area contributed by atoms with Crippen LogP contribution in [0.2, 0.25) is 0 Å². The number of nitrogens with zero attached hydrogens (tertiary/aromatic N) is 1. The van der Waals surface area contributed by atoms with Gasteiger partial charge in [0.2, 0.25) is 5.91 Å². The van der Waals surface area contributed by atoms with E-state index in [1.807, 2.05) is 30.3 Å². The van der Waals surface area contributed by atoms with Crippen LogP contribution in [0.1, 0.15) is 11.6 Å². The minimum Gasteiger partial charge on any atom is -0.394 e. The standard InChI is InChI=1S/C13H18N2O3/c14-12(10-4-2-1-3-5-10)13(17)15-6-7-18-11(8-15)9-16/h1-5,11-12,16H,6-9,14H2/t11?,12-/m0/s1. The summed E-state index contributed by atoms with van der Waals surface area (Å²) in [6.45, 7) is 1.29. The molecule has 1 aliphatic heterocycles. The molecule has 0 saturated carbocycles. The molecule has 0 spiro atoms. The number of aliphatic hydroxyl groups is 1. The van der Waals surface area contributed by atoms with E-state index in [0.717, 1.165) is 5.56 Å². The number of nitrogens with two attached hydrogens (primary N) is 1. The van der Waals surface area contributed by atoms with Crippen LogP contribution >= 0.6 is 0 Å². The van der Waals surface area contributed by atoms with Gasteiger partial charge in [0.1, 0.15) is 6.04 Å². The second-order valence-corrected chi connectivity index (χ2v) is 4.35. The summed E-state index contributed by atoms with van der Waals surface area (Å²) in [6, 6.07) is 8.64. The Morgan fingerprint density at radius 2 is 2.22 bits per heavy atom. The number of ether oxygens (including phenoxy) is 1. The van der Waals surface area contributed by atoms with E-state index in [1.54, 1.807) is 4.90 Å². The van der Waals surface area contributed by atoms with Gasteiger partial charge < -0.3 is 20.5 Å². The van der Waals surface area contributed by atoms with Gasteiger partial charge in [0, 0.05) is 13.1 Å². The Morgan fingerprint density at radius 1 is 1.50 bits per heavy atom. The molecule has 1 unspecified atom stereocenters. The number of carbonyl (C=O) groups is 1. The largest absolute Gasteiger partial charge is 0.394 e. The van der Waals surface area contributed by atoms with E-state index in [2.05, 4.69) is 0 Å². The van der Waals surface area contributed by atoms with Crippen LogP contribution < -0.4 is 5.73 Å². The first-order valence-corrected chi connectivity index (χ1v) is 6.04. The normalized spacial score (nSPS) is 21.7. The zero-order valence-electron chi connectivity index (χ0n) is 10.2. The zero-order chi connectivity index (χ0) is 13.0. The van der Waals surface area contributed by atoms with Gasteiger partial charge in [-0.2, -0.15) is 0 Å². The fourth-order valence-corrected chi connectivity index (χ4v) is 2.03. The second kappa shape index (κ2) is 5.95. The van der Waals surface area contributed by atoms with Crippen LogP contribution in [-0.2, 0) is 9.53 Å². The number of hydrogen-bond donors (Lipinski definition) is 2. The maximum atomic E-state index is 12.2. The summed E-state index contributed by atoms with van der Waals surface area (Å²) in [7, 11) is 0. The summed E-state index contributed by atoms with van der Waals surface area (Å²) in [5, 5.41) is 9.05. The molecule has 0 radical (unpaired) electrons. The Hall–Kier alpha value is -1.43. The van der Waals surface area contributed by atoms with Gasteiger partial charge in [-0.25, -0.2) is 0 Å². The van der Waals surface area contributed by atoms with Crippen LogP contribution in [-0.4, -0.2) is 48.3 Å². The molecule has 1 aliphatic rings. The van der Waals surface area contributed by atoms with Crippen molar-refractivity contribution in [1.29, 1.82) is 0 Å². The predicted octanol–water partition coefficient (Wildman–Crippen LogP) is -0.0939. The van der Waals surface area contributed by atoms with Crippen LogP contribution in [0.3, 0.4) is 0 Å². The van der Waals surface area contributed by atoms with E-state index < -0.39 is 6.04 Å². The number of hydrogen-bond acceptors (Lipinski definition) is 4. The first-order chi connectivity index (χ1) is 8.72. The molecule has 2 atom stereocenters. The van der Waals surface area contributed by atoms with E-state index in [4.69, 9.17) is 15.6 Å². The summed E-state index contributed by atoms with van der Waals surface area (Å²) in [5.74, 6) is -0.122. The minimum atomic E-state index is -0.649. The van der Waals surface area contributed by atoms with Gasteiger partial charge in [-0.3, -0.25) is 4.79 Å². The molecule has 0 aromatic heterocycles. The molecule has 5 nitrogen and oxygen atoms in total. The van der Waals surface area contributed by atoms with E-state index in [1.165, 1.54) is 0 Å². The highest BCUT2D eigenvalue weighted by Crippen LogP contribution is 2.15. The van der Waals surface area contributed by atoms with Crippen molar-refractivity contribution in [3.8, 4) is 0 Å². The van der Waals surface area contributed by atoms with Gasteiger partial charge in [-0.1, -0.05) is 30.3 Å². The number of aliphatic hydroxyl groups excluding tert-OH is 1. The Balaban J connectivity index is 2.02. The summed E-state index contributed by atoms with van der Waals surface area (Å²) in [4.78, 5) is 13.9. The van der Waals surface area contributed by atoms with E-state index >= 15 is 0 Å². The summed E-state index contributed by atoms with van der Waals surface area (Å²) >= 11 is 0. The number of carbonyl (C=O) groups excluding carboxylic acids is 1.